The van der Waals surface area contributed by atoms with Gasteiger partial charge in [-0.25, -0.2) is 4.79 Å². The topological polar surface area (TPSA) is 44.8 Å². The third-order valence-corrected chi connectivity index (χ3v) is 2.60. The number of hydrogen-bond acceptors (Lipinski definition) is 4. The Hall–Kier alpha value is -0.870. The zero-order valence-corrected chi connectivity index (χ0v) is 10.6. The van der Waals surface area contributed by atoms with Gasteiger partial charge in [-0.15, -0.1) is 0 Å². The van der Waals surface area contributed by atoms with Gasteiger partial charge >= 0.3 is 5.97 Å². The quantitative estimate of drug-likeness (QED) is 0.561. The van der Waals surface area contributed by atoms with E-state index in [2.05, 4.69) is 6.58 Å². The molecular formula is C13H22O4. The summed E-state index contributed by atoms with van der Waals surface area (Å²) in [6.07, 6.45) is 4.71. The van der Waals surface area contributed by atoms with Crippen LogP contribution in [0.5, 0.6) is 0 Å². The van der Waals surface area contributed by atoms with E-state index in [4.69, 9.17) is 14.2 Å². The van der Waals surface area contributed by atoms with Crippen molar-refractivity contribution >= 4 is 5.97 Å². The summed E-state index contributed by atoms with van der Waals surface area (Å²) < 4.78 is 15.1. The van der Waals surface area contributed by atoms with Gasteiger partial charge in [-0.05, 0) is 32.6 Å². The lowest BCUT2D eigenvalue weighted by atomic mass is 10.2. The second-order valence-corrected chi connectivity index (χ2v) is 4.33. The van der Waals surface area contributed by atoms with Crippen LogP contribution in [0.4, 0.5) is 0 Å². The first-order valence-corrected chi connectivity index (χ1v) is 6.22. The van der Waals surface area contributed by atoms with Crippen molar-refractivity contribution in [3.8, 4) is 0 Å². The molecule has 0 spiro atoms. The average molecular weight is 242 g/mol. The lowest BCUT2D eigenvalue weighted by molar-refractivity contribution is -0.142. The first-order chi connectivity index (χ1) is 8.20. The summed E-state index contributed by atoms with van der Waals surface area (Å²) in [5.74, 6) is -0.328. The Bertz CT molecular complexity index is 232. The van der Waals surface area contributed by atoms with Crippen LogP contribution in [0.2, 0.25) is 0 Å². The van der Waals surface area contributed by atoms with Crippen molar-refractivity contribution < 1.29 is 19.0 Å². The molecule has 2 saturated heterocycles. The van der Waals surface area contributed by atoms with E-state index in [1.54, 1.807) is 6.92 Å². The molecule has 0 aromatic carbocycles. The molecule has 1 atom stereocenters. The van der Waals surface area contributed by atoms with Crippen LogP contribution < -0.4 is 0 Å². The largest absolute Gasteiger partial charge is 0.460 e. The van der Waals surface area contributed by atoms with Crippen LogP contribution in [0.3, 0.4) is 0 Å². The van der Waals surface area contributed by atoms with Gasteiger partial charge in [0.1, 0.15) is 6.61 Å². The average Bonchev–Trinajstić information content (AvgIpc) is 3.00. The van der Waals surface area contributed by atoms with Crippen LogP contribution in [-0.2, 0) is 19.0 Å². The molecule has 98 valence electrons. The van der Waals surface area contributed by atoms with Crippen LogP contribution in [0.15, 0.2) is 12.2 Å². The van der Waals surface area contributed by atoms with E-state index in [0.717, 1.165) is 32.7 Å². The molecule has 1 unspecified atom stereocenters. The molecule has 2 rings (SSSR count). The first kappa shape index (κ1) is 14.2. The minimum Gasteiger partial charge on any atom is -0.460 e. The minimum atomic E-state index is -0.328. The van der Waals surface area contributed by atoms with Crippen molar-refractivity contribution in [2.24, 2.45) is 0 Å². The van der Waals surface area contributed by atoms with Gasteiger partial charge in [0.05, 0.1) is 6.10 Å². The number of rotatable bonds is 3. The molecule has 0 aliphatic carbocycles. The molecule has 0 amide bonds. The summed E-state index contributed by atoms with van der Waals surface area (Å²) in [6, 6.07) is 0. The molecule has 2 aliphatic heterocycles. The van der Waals surface area contributed by atoms with Gasteiger partial charge in [-0.2, -0.15) is 0 Å². The minimum absolute atomic E-state index is 0.105. The molecule has 17 heavy (non-hydrogen) atoms. The molecule has 0 radical (unpaired) electrons. The highest BCUT2D eigenvalue weighted by Gasteiger charge is 2.17. The van der Waals surface area contributed by atoms with Crippen molar-refractivity contribution in [3.05, 3.63) is 12.2 Å². The third-order valence-electron chi connectivity index (χ3n) is 2.60. The second kappa shape index (κ2) is 8.25. The Labute approximate surface area is 103 Å². The van der Waals surface area contributed by atoms with Crippen molar-refractivity contribution in [3.63, 3.8) is 0 Å². The van der Waals surface area contributed by atoms with Gasteiger partial charge in [0, 0.05) is 25.4 Å². The van der Waals surface area contributed by atoms with Crippen LogP contribution >= 0.6 is 0 Å². The normalized spacial score (nSPS) is 22.8. The highest BCUT2D eigenvalue weighted by atomic mass is 16.6. The number of ether oxygens (including phenoxy) is 3. The lowest BCUT2D eigenvalue weighted by Crippen LogP contribution is -2.17. The van der Waals surface area contributed by atoms with E-state index in [9.17, 15) is 4.79 Å². The summed E-state index contributed by atoms with van der Waals surface area (Å²) in [5, 5.41) is 0. The summed E-state index contributed by atoms with van der Waals surface area (Å²) in [7, 11) is 0. The Morgan fingerprint density at radius 3 is 2.41 bits per heavy atom. The second-order valence-electron chi connectivity index (χ2n) is 4.33. The summed E-state index contributed by atoms with van der Waals surface area (Å²) in [6.45, 7) is 8.28. The van der Waals surface area contributed by atoms with Crippen LogP contribution in [0.1, 0.15) is 32.6 Å². The fourth-order valence-corrected chi connectivity index (χ4v) is 1.58. The number of esters is 1. The Morgan fingerprint density at radius 2 is 2.00 bits per heavy atom. The monoisotopic (exact) mass is 242 g/mol. The molecule has 0 aromatic heterocycles. The van der Waals surface area contributed by atoms with Gasteiger partial charge in [-0.3, -0.25) is 0 Å². The Morgan fingerprint density at radius 1 is 1.29 bits per heavy atom. The molecule has 4 heteroatoms. The molecule has 2 fully saturated rings. The summed E-state index contributed by atoms with van der Waals surface area (Å²) in [5.41, 5.74) is 0.438. The molecule has 0 bridgehead atoms. The Kier molecular flexibility index (Phi) is 6.89. The zero-order valence-electron chi connectivity index (χ0n) is 10.6. The predicted molar refractivity (Wildman–Crippen MR) is 64.8 cm³/mol. The summed E-state index contributed by atoms with van der Waals surface area (Å²) in [4.78, 5) is 10.9. The van der Waals surface area contributed by atoms with Gasteiger partial charge in [-0.1, -0.05) is 6.58 Å². The van der Waals surface area contributed by atoms with E-state index in [1.165, 1.54) is 12.8 Å². The van der Waals surface area contributed by atoms with E-state index < -0.39 is 0 Å². The number of carbonyl (C=O) groups excluding carboxylic acids is 1. The van der Waals surface area contributed by atoms with Crippen molar-refractivity contribution in [2.45, 2.75) is 38.7 Å². The molecule has 0 N–H and O–H groups in total. The summed E-state index contributed by atoms with van der Waals surface area (Å²) >= 11 is 0. The van der Waals surface area contributed by atoms with Crippen molar-refractivity contribution in [2.75, 3.05) is 26.4 Å². The van der Waals surface area contributed by atoms with Crippen molar-refractivity contribution in [1.29, 1.82) is 0 Å². The number of carbonyl (C=O) groups is 1. The highest BCUT2D eigenvalue weighted by Crippen LogP contribution is 2.12. The van der Waals surface area contributed by atoms with Gasteiger partial charge in [0.2, 0.25) is 0 Å². The third kappa shape index (κ3) is 6.44. The lowest BCUT2D eigenvalue weighted by Gasteiger charge is -2.09. The molecule has 4 nitrogen and oxygen atoms in total. The molecule has 0 saturated carbocycles. The van der Waals surface area contributed by atoms with Gasteiger partial charge in [0.25, 0.3) is 0 Å². The Balaban J connectivity index is 0.000000239. The number of hydrogen-bond donors (Lipinski definition) is 0. The first-order valence-electron chi connectivity index (χ1n) is 6.22. The van der Waals surface area contributed by atoms with Gasteiger partial charge < -0.3 is 14.2 Å². The molecular weight excluding hydrogens is 220 g/mol. The SMILES string of the molecule is C1CCOC1.C=C(C)C(=O)OCC1CCCO1. The fraction of sp³-hybridized carbons (Fsp3) is 0.769. The molecule has 2 heterocycles. The smallest absolute Gasteiger partial charge is 0.333 e. The van der Waals surface area contributed by atoms with E-state index in [0.29, 0.717) is 12.2 Å². The standard InChI is InChI=1S/C9H14O3.C4H8O/c1-7(2)9(10)12-6-8-4-3-5-11-8;1-2-4-5-3-1/h8H,1,3-6H2,2H3;1-4H2. The van der Waals surface area contributed by atoms with E-state index >= 15 is 0 Å². The predicted octanol–water partition coefficient (Wildman–Crippen LogP) is 2.08. The van der Waals surface area contributed by atoms with Crippen LogP contribution in [0.25, 0.3) is 0 Å². The van der Waals surface area contributed by atoms with Crippen LogP contribution in [0, 0.1) is 0 Å². The maximum Gasteiger partial charge on any atom is 0.333 e. The maximum absolute atomic E-state index is 10.9. The van der Waals surface area contributed by atoms with Gasteiger partial charge in [0.15, 0.2) is 0 Å². The van der Waals surface area contributed by atoms with E-state index in [1.807, 2.05) is 0 Å². The highest BCUT2D eigenvalue weighted by molar-refractivity contribution is 5.86. The fourth-order valence-electron chi connectivity index (χ4n) is 1.58. The molecule has 0 aromatic rings. The maximum atomic E-state index is 10.9. The van der Waals surface area contributed by atoms with E-state index in [-0.39, 0.29) is 12.1 Å². The van der Waals surface area contributed by atoms with Crippen molar-refractivity contribution in [1.82, 2.24) is 0 Å². The molecule has 2 aliphatic rings. The zero-order chi connectivity index (χ0) is 12.5. The van der Waals surface area contributed by atoms with Crippen LogP contribution in [-0.4, -0.2) is 38.5 Å².